The first-order valence-electron chi connectivity index (χ1n) is 7.87. The summed E-state index contributed by atoms with van der Waals surface area (Å²) in [5.74, 6) is 0. The number of rotatable bonds is 7. The molecular weight excluding hydrogens is 246 g/mol. The molecule has 1 aromatic rings. The molecule has 2 atom stereocenters. The van der Waals surface area contributed by atoms with E-state index >= 15 is 0 Å². The lowest BCUT2D eigenvalue weighted by molar-refractivity contribution is 0.250. The third kappa shape index (κ3) is 4.30. The van der Waals surface area contributed by atoms with Gasteiger partial charge in [-0.25, -0.2) is 0 Å². The normalized spacial score (nSPS) is 21.5. The molecule has 0 amide bonds. The minimum atomic E-state index is 0.456. The lowest BCUT2D eigenvalue weighted by atomic mass is 10.1. The monoisotopic (exact) mass is 275 g/mol. The molecule has 0 radical (unpaired) electrons. The summed E-state index contributed by atoms with van der Waals surface area (Å²) in [5.41, 5.74) is 1.41. The predicted octanol–water partition coefficient (Wildman–Crippen LogP) is 2.36. The Morgan fingerprint density at radius 1 is 1.30 bits per heavy atom. The van der Waals surface area contributed by atoms with Gasteiger partial charge in [-0.3, -0.25) is 4.90 Å². The Labute approximate surface area is 124 Å². The maximum atomic E-state index is 3.70. The largest absolute Gasteiger partial charge is 0.309 e. The maximum absolute atomic E-state index is 3.70. The van der Waals surface area contributed by atoms with Crippen LogP contribution in [0, 0.1) is 0 Å². The number of nitrogens with zero attached hydrogens (tertiary/aromatic N) is 2. The Morgan fingerprint density at radius 3 is 2.65 bits per heavy atom. The van der Waals surface area contributed by atoms with Crippen molar-refractivity contribution >= 4 is 0 Å². The maximum Gasteiger partial charge on any atom is 0.0449 e. The van der Waals surface area contributed by atoms with Gasteiger partial charge in [-0.1, -0.05) is 37.3 Å². The molecule has 0 spiro atoms. The van der Waals surface area contributed by atoms with Crippen molar-refractivity contribution < 1.29 is 0 Å². The number of likely N-dealkylation sites (N-methyl/N-ethyl adjacent to an activating group) is 1. The molecule has 1 heterocycles. The quantitative estimate of drug-likeness (QED) is 0.824. The second kappa shape index (κ2) is 7.77. The van der Waals surface area contributed by atoms with Gasteiger partial charge in [0, 0.05) is 25.2 Å². The van der Waals surface area contributed by atoms with Crippen molar-refractivity contribution in [3.63, 3.8) is 0 Å². The van der Waals surface area contributed by atoms with E-state index in [9.17, 15) is 0 Å². The van der Waals surface area contributed by atoms with Crippen molar-refractivity contribution in [2.24, 2.45) is 0 Å². The van der Waals surface area contributed by atoms with Crippen LogP contribution in [0.4, 0.5) is 0 Å². The van der Waals surface area contributed by atoms with E-state index in [2.05, 4.69) is 66.5 Å². The van der Waals surface area contributed by atoms with Crippen molar-refractivity contribution in [3.05, 3.63) is 35.9 Å². The summed E-state index contributed by atoms with van der Waals surface area (Å²) >= 11 is 0. The summed E-state index contributed by atoms with van der Waals surface area (Å²) in [7, 11) is 4.39. The molecule has 1 aliphatic rings. The molecule has 2 unspecified atom stereocenters. The molecule has 3 heteroatoms. The highest BCUT2D eigenvalue weighted by Gasteiger charge is 2.26. The van der Waals surface area contributed by atoms with E-state index in [0.29, 0.717) is 6.04 Å². The topological polar surface area (TPSA) is 18.5 Å². The summed E-state index contributed by atoms with van der Waals surface area (Å²) in [4.78, 5) is 4.96. The number of nitrogens with one attached hydrogen (secondary N) is 1. The molecule has 112 valence electrons. The SMILES string of the molecule is CCCNC(CN1CCC(N(C)C)C1)c1ccccc1. The minimum absolute atomic E-state index is 0.456. The van der Waals surface area contributed by atoms with E-state index in [1.165, 1.54) is 31.5 Å². The third-order valence-electron chi connectivity index (χ3n) is 4.26. The molecule has 1 N–H and O–H groups in total. The molecule has 3 nitrogen and oxygen atoms in total. The summed E-state index contributed by atoms with van der Waals surface area (Å²) in [5, 5.41) is 3.70. The highest BCUT2D eigenvalue weighted by Crippen LogP contribution is 2.19. The second-order valence-electron chi connectivity index (χ2n) is 6.08. The first-order chi connectivity index (χ1) is 9.70. The molecule has 2 rings (SSSR count). The zero-order chi connectivity index (χ0) is 14.4. The molecule has 20 heavy (non-hydrogen) atoms. The Morgan fingerprint density at radius 2 is 2.05 bits per heavy atom. The molecular formula is C17H29N3. The highest BCUT2D eigenvalue weighted by molar-refractivity contribution is 5.19. The van der Waals surface area contributed by atoms with Gasteiger partial charge in [0.15, 0.2) is 0 Å². The van der Waals surface area contributed by atoms with Crippen LogP contribution in [0.25, 0.3) is 0 Å². The lowest BCUT2D eigenvalue weighted by Gasteiger charge is -2.26. The zero-order valence-corrected chi connectivity index (χ0v) is 13.2. The van der Waals surface area contributed by atoms with Crippen molar-refractivity contribution in [1.29, 1.82) is 0 Å². The average Bonchev–Trinajstić information content (AvgIpc) is 2.93. The van der Waals surface area contributed by atoms with E-state index in [1.807, 2.05) is 0 Å². The molecule has 0 aromatic heterocycles. The first-order valence-corrected chi connectivity index (χ1v) is 7.87. The Bertz CT molecular complexity index is 377. The number of benzene rings is 1. The molecule has 1 saturated heterocycles. The number of likely N-dealkylation sites (tertiary alicyclic amines) is 1. The van der Waals surface area contributed by atoms with Gasteiger partial charge >= 0.3 is 0 Å². The third-order valence-corrected chi connectivity index (χ3v) is 4.26. The fourth-order valence-electron chi connectivity index (χ4n) is 2.95. The van der Waals surface area contributed by atoms with Gasteiger partial charge in [0.1, 0.15) is 0 Å². The number of hydrogen-bond acceptors (Lipinski definition) is 3. The Hall–Kier alpha value is -0.900. The van der Waals surface area contributed by atoms with E-state index in [-0.39, 0.29) is 0 Å². The van der Waals surface area contributed by atoms with Gasteiger partial charge in [-0.15, -0.1) is 0 Å². The minimum Gasteiger partial charge on any atom is -0.309 e. The van der Waals surface area contributed by atoms with E-state index < -0.39 is 0 Å². The van der Waals surface area contributed by atoms with Crippen LogP contribution in [-0.4, -0.2) is 56.1 Å². The summed E-state index contributed by atoms with van der Waals surface area (Å²) < 4.78 is 0. The van der Waals surface area contributed by atoms with E-state index in [0.717, 1.165) is 19.1 Å². The summed E-state index contributed by atoms with van der Waals surface area (Å²) in [6, 6.07) is 12.0. The predicted molar refractivity (Wildman–Crippen MR) is 86.0 cm³/mol. The first kappa shape index (κ1) is 15.5. The zero-order valence-electron chi connectivity index (χ0n) is 13.2. The van der Waals surface area contributed by atoms with Crippen LogP contribution in [-0.2, 0) is 0 Å². The summed E-state index contributed by atoms with van der Waals surface area (Å²) in [6.45, 7) is 6.86. The lowest BCUT2D eigenvalue weighted by Crippen LogP contribution is -2.37. The van der Waals surface area contributed by atoms with Crippen LogP contribution in [0.15, 0.2) is 30.3 Å². The second-order valence-corrected chi connectivity index (χ2v) is 6.08. The van der Waals surface area contributed by atoms with Crippen LogP contribution in [0.2, 0.25) is 0 Å². The fraction of sp³-hybridized carbons (Fsp3) is 0.647. The molecule has 0 bridgehead atoms. The van der Waals surface area contributed by atoms with Crippen molar-refractivity contribution in [2.75, 3.05) is 40.3 Å². The van der Waals surface area contributed by atoms with Gasteiger partial charge in [0.25, 0.3) is 0 Å². The Kier molecular flexibility index (Phi) is 6.02. The Balaban J connectivity index is 1.95. The molecule has 0 aliphatic carbocycles. The molecule has 1 fully saturated rings. The molecule has 1 aromatic carbocycles. The van der Waals surface area contributed by atoms with Crippen molar-refractivity contribution in [2.45, 2.75) is 31.8 Å². The van der Waals surface area contributed by atoms with Crippen LogP contribution in [0.1, 0.15) is 31.4 Å². The van der Waals surface area contributed by atoms with Gasteiger partial charge in [-0.2, -0.15) is 0 Å². The smallest absolute Gasteiger partial charge is 0.0449 e. The van der Waals surface area contributed by atoms with Gasteiger partial charge < -0.3 is 10.2 Å². The van der Waals surface area contributed by atoms with Crippen LogP contribution >= 0.6 is 0 Å². The molecule has 0 saturated carbocycles. The molecule has 1 aliphatic heterocycles. The standard InChI is InChI=1S/C17H29N3/c1-4-11-18-17(15-8-6-5-7-9-15)14-20-12-10-16(13-20)19(2)3/h5-9,16-18H,4,10-14H2,1-3H3. The van der Waals surface area contributed by atoms with Gasteiger partial charge in [-0.05, 0) is 45.6 Å². The summed E-state index contributed by atoms with van der Waals surface area (Å²) in [6.07, 6.45) is 2.48. The van der Waals surface area contributed by atoms with Crippen LogP contribution < -0.4 is 5.32 Å². The van der Waals surface area contributed by atoms with Crippen molar-refractivity contribution in [3.8, 4) is 0 Å². The van der Waals surface area contributed by atoms with Gasteiger partial charge in [0.05, 0.1) is 0 Å². The van der Waals surface area contributed by atoms with Crippen LogP contribution in [0.5, 0.6) is 0 Å². The highest BCUT2D eigenvalue weighted by atomic mass is 15.2. The van der Waals surface area contributed by atoms with Crippen molar-refractivity contribution in [1.82, 2.24) is 15.1 Å². The average molecular weight is 275 g/mol. The fourth-order valence-corrected chi connectivity index (χ4v) is 2.95. The van der Waals surface area contributed by atoms with Gasteiger partial charge in [0.2, 0.25) is 0 Å². The van der Waals surface area contributed by atoms with E-state index in [4.69, 9.17) is 0 Å². The van der Waals surface area contributed by atoms with E-state index in [1.54, 1.807) is 0 Å². The number of hydrogen-bond donors (Lipinski definition) is 1. The van der Waals surface area contributed by atoms with Crippen LogP contribution in [0.3, 0.4) is 0 Å².